The van der Waals surface area contributed by atoms with E-state index >= 15 is 0 Å². The molecule has 0 saturated heterocycles. The average molecular weight is 214 g/mol. The summed E-state index contributed by atoms with van der Waals surface area (Å²) in [5.74, 6) is 0. The molecule has 0 N–H and O–H groups in total. The van der Waals surface area contributed by atoms with Gasteiger partial charge < -0.3 is 0 Å². The lowest BCUT2D eigenvalue weighted by Gasteiger charge is -1.86. The van der Waals surface area contributed by atoms with Crippen LogP contribution in [0.1, 0.15) is 15.3 Å². The zero-order valence-electron chi connectivity index (χ0n) is 7.26. The normalized spacial score (nSPS) is 11.3. The average Bonchev–Trinajstić information content (AvgIpc) is 2.43. The summed E-state index contributed by atoms with van der Waals surface area (Å²) in [6, 6.07) is 0. The topological polar surface area (TPSA) is 0 Å². The molecule has 0 amide bonds. The van der Waals surface area contributed by atoms with Crippen LogP contribution in [0.5, 0.6) is 0 Å². The van der Waals surface area contributed by atoms with Crippen molar-refractivity contribution in [2.24, 2.45) is 0 Å². The molecule has 0 unspecified atom stereocenters. The molecule has 0 saturated carbocycles. The lowest BCUT2D eigenvalue weighted by Crippen LogP contribution is -1.64. The van der Waals surface area contributed by atoms with E-state index in [1.807, 2.05) is 22.7 Å². The van der Waals surface area contributed by atoms with E-state index in [1.165, 1.54) is 29.6 Å². The van der Waals surface area contributed by atoms with Crippen molar-refractivity contribution in [3.05, 3.63) is 15.3 Å². The van der Waals surface area contributed by atoms with Gasteiger partial charge in [0.05, 0.1) is 4.70 Å². The largest absolute Gasteiger partial charge is 0.141 e. The first-order valence-corrected chi connectivity index (χ1v) is 5.87. The zero-order chi connectivity index (χ0) is 8.88. The van der Waals surface area contributed by atoms with Gasteiger partial charge in [-0.3, -0.25) is 0 Å². The van der Waals surface area contributed by atoms with Gasteiger partial charge >= 0.3 is 0 Å². The molecule has 3 heteroatoms. The van der Waals surface area contributed by atoms with E-state index < -0.39 is 0 Å². The molecule has 0 aliphatic rings. The Morgan fingerprint density at radius 1 is 0.917 bits per heavy atom. The van der Waals surface area contributed by atoms with Crippen molar-refractivity contribution >= 4 is 44.7 Å². The minimum Gasteiger partial charge on any atom is -0.141 e. The molecule has 64 valence electrons. The monoisotopic (exact) mass is 214 g/mol. The minimum absolute atomic E-state index is 1.18. The van der Waals surface area contributed by atoms with Gasteiger partial charge in [-0.25, -0.2) is 0 Å². The molecule has 2 aromatic rings. The molecule has 0 nitrogen and oxygen atoms in total. The van der Waals surface area contributed by atoms with Crippen LogP contribution >= 0.6 is 35.3 Å². The summed E-state index contributed by atoms with van der Waals surface area (Å²) in [5, 5.41) is 0. The van der Waals surface area contributed by atoms with Crippen molar-refractivity contribution in [1.82, 2.24) is 0 Å². The molecule has 0 aliphatic carbocycles. The van der Waals surface area contributed by atoms with Gasteiger partial charge in [-0.2, -0.15) is 0 Å². The number of hydrogen-bond acceptors (Lipinski definition) is 3. The fourth-order valence-electron chi connectivity index (χ4n) is 1.25. The van der Waals surface area contributed by atoms with E-state index in [2.05, 4.69) is 33.4 Å². The third kappa shape index (κ3) is 1.04. The van der Waals surface area contributed by atoms with E-state index in [-0.39, 0.29) is 0 Å². The quantitative estimate of drug-likeness (QED) is 0.625. The van der Waals surface area contributed by atoms with Crippen LogP contribution in [-0.2, 0) is 0 Å². The predicted octanol–water partition coefficient (Wildman–Crippen LogP) is 4.18. The Hall–Kier alpha value is 0.01000. The van der Waals surface area contributed by atoms with E-state index in [0.717, 1.165) is 0 Å². The summed E-state index contributed by atoms with van der Waals surface area (Å²) < 4.78 is 2.80. The molecule has 0 fully saturated rings. The van der Waals surface area contributed by atoms with E-state index in [1.54, 1.807) is 0 Å². The molecule has 0 atom stereocenters. The molecule has 12 heavy (non-hydrogen) atoms. The van der Waals surface area contributed by atoms with Crippen LogP contribution in [0, 0.1) is 20.8 Å². The Balaban J connectivity index is 2.93. The van der Waals surface area contributed by atoms with E-state index in [4.69, 9.17) is 0 Å². The highest BCUT2D eigenvalue weighted by atomic mass is 32.1. The van der Waals surface area contributed by atoms with Crippen LogP contribution in [0.15, 0.2) is 4.90 Å². The van der Waals surface area contributed by atoms with Gasteiger partial charge in [0.15, 0.2) is 0 Å². The third-order valence-corrected chi connectivity index (χ3v) is 5.57. The highest BCUT2D eigenvalue weighted by molar-refractivity contribution is 7.81. The van der Waals surface area contributed by atoms with Gasteiger partial charge in [0.2, 0.25) is 0 Å². The van der Waals surface area contributed by atoms with Crippen molar-refractivity contribution in [3.63, 3.8) is 0 Å². The van der Waals surface area contributed by atoms with Gasteiger partial charge in [-0.1, -0.05) is 0 Å². The van der Waals surface area contributed by atoms with Gasteiger partial charge in [0.1, 0.15) is 0 Å². The summed E-state index contributed by atoms with van der Waals surface area (Å²) >= 11 is 8.22. The van der Waals surface area contributed by atoms with E-state index in [0.29, 0.717) is 0 Å². The number of aryl methyl sites for hydroxylation is 3. The first kappa shape index (κ1) is 8.60. The molecular weight excluding hydrogens is 204 g/mol. The van der Waals surface area contributed by atoms with Crippen LogP contribution < -0.4 is 0 Å². The second kappa shape index (κ2) is 2.76. The maximum Gasteiger partial charge on any atom is 0.0592 e. The maximum absolute atomic E-state index is 4.50. The Kier molecular flexibility index (Phi) is 1.97. The van der Waals surface area contributed by atoms with Crippen LogP contribution in [-0.4, -0.2) is 0 Å². The molecule has 0 aromatic carbocycles. The van der Waals surface area contributed by atoms with Crippen LogP contribution in [0.4, 0.5) is 0 Å². The summed E-state index contributed by atoms with van der Waals surface area (Å²) in [4.78, 5) is 3.94. The molecule has 0 aliphatic heterocycles. The molecule has 0 radical (unpaired) electrons. The van der Waals surface area contributed by atoms with Crippen LogP contribution in [0.3, 0.4) is 0 Å². The number of thiophene rings is 2. The standard InChI is InChI=1S/C9H10S3/c1-4-5(2)11-9-7(10)6(3)12-8(4)9/h10H,1-3H3. The van der Waals surface area contributed by atoms with Gasteiger partial charge in [-0.05, 0) is 26.3 Å². The van der Waals surface area contributed by atoms with Crippen LogP contribution in [0.25, 0.3) is 9.40 Å². The van der Waals surface area contributed by atoms with Crippen molar-refractivity contribution in [2.75, 3.05) is 0 Å². The molecule has 0 spiro atoms. The van der Waals surface area contributed by atoms with Crippen molar-refractivity contribution in [3.8, 4) is 0 Å². The molecule has 0 bridgehead atoms. The van der Waals surface area contributed by atoms with Crippen LogP contribution in [0.2, 0.25) is 0 Å². The number of hydrogen-bond donors (Lipinski definition) is 1. The molecule has 2 rings (SSSR count). The second-order valence-electron chi connectivity index (χ2n) is 2.95. The predicted molar refractivity (Wildman–Crippen MR) is 61.2 cm³/mol. The lowest BCUT2D eigenvalue weighted by molar-refractivity contribution is 1.48. The van der Waals surface area contributed by atoms with Crippen molar-refractivity contribution in [1.29, 1.82) is 0 Å². The fourth-order valence-corrected chi connectivity index (χ4v) is 4.15. The fraction of sp³-hybridized carbons (Fsp3) is 0.333. The maximum atomic E-state index is 4.50. The van der Waals surface area contributed by atoms with Gasteiger partial charge in [0.25, 0.3) is 0 Å². The lowest BCUT2D eigenvalue weighted by atomic mass is 10.3. The van der Waals surface area contributed by atoms with E-state index in [9.17, 15) is 0 Å². The minimum atomic E-state index is 1.18. The second-order valence-corrected chi connectivity index (χ2v) is 5.85. The Morgan fingerprint density at radius 2 is 1.50 bits per heavy atom. The summed E-state index contributed by atoms with van der Waals surface area (Å²) in [6.45, 7) is 6.50. The number of thiol groups is 1. The highest BCUT2D eigenvalue weighted by Gasteiger charge is 2.11. The smallest absolute Gasteiger partial charge is 0.0592 e. The van der Waals surface area contributed by atoms with Crippen molar-refractivity contribution in [2.45, 2.75) is 25.7 Å². The first-order valence-electron chi connectivity index (χ1n) is 3.79. The summed E-state index contributed by atoms with van der Waals surface area (Å²) in [5.41, 5.74) is 1.43. The highest BCUT2D eigenvalue weighted by Crippen LogP contribution is 2.41. The SMILES string of the molecule is Cc1sc2c(S)c(C)sc2c1C. The number of fused-ring (bicyclic) bond motifs is 1. The number of rotatable bonds is 0. The molecular formula is C9H10S3. The third-order valence-electron chi connectivity index (χ3n) is 2.13. The Labute approximate surface area is 85.6 Å². The molecule has 2 aromatic heterocycles. The first-order chi connectivity index (χ1) is 5.61. The summed E-state index contributed by atoms with van der Waals surface area (Å²) in [6.07, 6.45) is 0. The van der Waals surface area contributed by atoms with Gasteiger partial charge in [0, 0.05) is 19.3 Å². The Morgan fingerprint density at radius 3 is 2.08 bits per heavy atom. The molecule has 2 heterocycles. The van der Waals surface area contributed by atoms with Crippen molar-refractivity contribution < 1.29 is 0 Å². The summed E-state index contributed by atoms with van der Waals surface area (Å²) in [7, 11) is 0. The van der Waals surface area contributed by atoms with Gasteiger partial charge in [-0.15, -0.1) is 35.3 Å². The zero-order valence-corrected chi connectivity index (χ0v) is 9.79. The Bertz CT molecular complexity index is 392.